The zero-order chi connectivity index (χ0) is 17.9. The van der Waals surface area contributed by atoms with Crippen molar-refractivity contribution in [3.63, 3.8) is 0 Å². The van der Waals surface area contributed by atoms with Crippen LogP contribution < -0.4 is 10.1 Å². The minimum absolute atomic E-state index is 0.211. The Morgan fingerprint density at radius 1 is 1.23 bits per heavy atom. The molecule has 0 radical (unpaired) electrons. The lowest BCUT2D eigenvalue weighted by Gasteiger charge is -2.27. The van der Waals surface area contributed by atoms with Gasteiger partial charge in [0.05, 0.1) is 13.2 Å². The van der Waals surface area contributed by atoms with Crippen LogP contribution in [0.25, 0.3) is 0 Å². The van der Waals surface area contributed by atoms with E-state index in [4.69, 9.17) is 21.1 Å². The zero-order valence-electron chi connectivity index (χ0n) is 14.6. The number of hydrogen-bond donors (Lipinski definition) is 1. The summed E-state index contributed by atoms with van der Waals surface area (Å²) in [4.78, 5) is 4.29. The number of fused-ring (bicyclic) bond motifs is 1. The van der Waals surface area contributed by atoms with Crippen LogP contribution in [0.1, 0.15) is 41.7 Å². The van der Waals surface area contributed by atoms with Gasteiger partial charge in [0.1, 0.15) is 18.0 Å². The summed E-state index contributed by atoms with van der Waals surface area (Å²) < 4.78 is 11.2. The van der Waals surface area contributed by atoms with Crippen LogP contribution in [0.3, 0.4) is 0 Å². The third-order valence-electron chi connectivity index (χ3n) is 4.83. The van der Waals surface area contributed by atoms with Gasteiger partial charge in [-0.3, -0.25) is 10.3 Å². The van der Waals surface area contributed by atoms with Crippen molar-refractivity contribution in [2.24, 2.45) is 10.2 Å². The Morgan fingerprint density at radius 3 is 2.96 bits per heavy atom. The first-order valence-electron chi connectivity index (χ1n) is 8.78. The number of benzene rings is 1. The van der Waals surface area contributed by atoms with Crippen molar-refractivity contribution in [2.75, 3.05) is 20.3 Å². The van der Waals surface area contributed by atoms with E-state index in [9.17, 15) is 0 Å². The summed E-state index contributed by atoms with van der Waals surface area (Å²) in [5.74, 6) is 0.704. The predicted molar refractivity (Wildman–Crippen MR) is 98.7 cm³/mol. The van der Waals surface area contributed by atoms with Gasteiger partial charge in [0.2, 0.25) is 0 Å². The summed E-state index contributed by atoms with van der Waals surface area (Å²) in [6.07, 6.45) is 5.88. The second-order valence-electron chi connectivity index (χ2n) is 6.47. The van der Waals surface area contributed by atoms with E-state index in [0.29, 0.717) is 10.8 Å². The number of hydrogen-bond acceptors (Lipinski definition) is 6. The highest BCUT2D eigenvalue weighted by Gasteiger charge is 2.29. The number of nitrogens with one attached hydrogen (secondary N) is 1. The monoisotopic (exact) mass is 372 g/mol. The average molecular weight is 373 g/mol. The minimum atomic E-state index is -0.235. The predicted octanol–water partition coefficient (Wildman–Crippen LogP) is 4.07. The molecule has 0 amide bonds. The maximum Gasteiger partial charge on any atom is 0.148 e. The van der Waals surface area contributed by atoms with Gasteiger partial charge in [-0.25, -0.2) is 0 Å². The third-order valence-corrected chi connectivity index (χ3v) is 5.06. The lowest BCUT2D eigenvalue weighted by Crippen LogP contribution is -2.31. The van der Waals surface area contributed by atoms with Gasteiger partial charge < -0.3 is 9.47 Å². The molecule has 1 saturated heterocycles. The molecule has 2 aliphatic rings. The lowest BCUT2D eigenvalue weighted by molar-refractivity contribution is 0.107. The van der Waals surface area contributed by atoms with Crippen LogP contribution >= 0.6 is 11.6 Å². The Balaban J connectivity index is 1.62. The molecule has 0 spiro atoms. The van der Waals surface area contributed by atoms with E-state index in [1.165, 1.54) is 0 Å². The molecular formula is C19H21ClN4O2. The molecule has 7 heteroatoms. The fraction of sp³-hybridized carbons (Fsp3) is 0.421. The Morgan fingerprint density at radius 2 is 2.15 bits per heavy atom. The van der Waals surface area contributed by atoms with Gasteiger partial charge in [0, 0.05) is 41.7 Å². The van der Waals surface area contributed by atoms with Gasteiger partial charge in [-0.1, -0.05) is 17.7 Å². The molecule has 1 aromatic carbocycles. The molecule has 1 fully saturated rings. The number of pyridine rings is 1. The first kappa shape index (κ1) is 17.4. The van der Waals surface area contributed by atoms with Crippen LogP contribution in [-0.4, -0.2) is 31.3 Å². The normalized spacial score (nSPS) is 24.5. The first-order valence-corrected chi connectivity index (χ1v) is 9.16. The Bertz CT molecular complexity index is 808. The van der Waals surface area contributed by atoms with Gasteiger partial charge in [0.25, 0.3) is 0 Å². The van der Waals surface area contributed by atoms with E-state index in [2.05, 4.69) is 20.5 Å². The number of methoxy groups -OCH3 is 1. The highest BCUT2D eigenvalue weighted by molar-refractivity contribution is 6.30. The molecule has 4 rings (SSSR count). The van der Waals surface area contributed by atoms with Crippen molar-refractivity contribution in [2.45, 2.75) is 31.2 Å². The van der Waals surface area contributed by atoms with Crippen molar-refractivity contribution in [3.8, 4) is 5.75 Å². The maximum absolute atomic E-state index is 6.10. The second kappa shape index (κ2) is 7.70. The fourth-order valence-corrected chi connectivity index (χ4v) is 3.65. The molecule has 136 valence electrons. The number of rotatable bonds is 5. The van der Waals surface area contributed by atoms with E-state index in [1.807, 2.05) is 24.4 Å². The number of halogens is 1. The fourth-order valence-electron chi connectivity index (χ4n) is 3.49. The smallest absolute Gasteiger partial charge is 0.148 e. The summed E-state index contributed by atoms with van der Waals surface area (Å²) in [7, 11) is 1.63. The Hall–Kier alpha value is -2.02. The molecule has 6 nitrogen and oxygen atoms in total. The molecular weight excluding hydrogens is 352 g/mol. The quantitative estimate of drug-likeness (QED) is 0.859. The van der Waals surface area contributed by atoms with Gasteiger partial charge in [-0.2, -0.15) is 10.2 Å². The first-order chi connectivity index (χ1) is 12.8. The number of ether oxygens (including phenoxy) is 2. The largest absolute Gasteiger partial charge is 0.496 e. The molecule has 2 unspecified atom stereocenters. The molecule has 0 saturated carbocycles. The lowest BCUT2D eigenvalue weighted by atomic mass is 9.93. The summed E-state index contributed by atoms with van der Waals surface area (Å²) in [5, 5.41) is 13.2. The minimum Gasteiger partial charge on any atom is -0.496 e. The Labute approximate surface area is 157 Å². The van der Waals surface area contributed by atoms with Crippen LogP contribution in [0.4, 0.5) is 0 Å². The SMILES string of the molecule is COc1cc(Cl)ccc1C1N=NC(NC[C@H]2CCCO2)c2cnccc21. The van der Waals surface area contributed by atoms with Gasteiger partial charge in [0.15, 0.2) is 0 Å². The number of aromatic nitrogens is 1. The molecule has 0 aliphatic carbocycles. The average Bonchev–Trinajstić information content (AvgIpc) is 3.20. The zero-order valence-corrected chi connectivity index (χ0v) is 15.3. The molecule has 3 heterocycles. The molecule has 3 atom stereocenters. The topological polar surface area (TPSA) is 68.1 Å². The summed E-state index contributed by atoms with van der Waals surface area (Å²) in [6.45, 7) is 1.60. The van der Waals surface area contributed by atoms with Crippen molar-refractivity contribution in [3.05, 3.63) is 58.4 Å². The number of azo groups is 1. The van der Waals surface area contributed by atoms with Crippen LogP contribution in [0, 0.1) is 0 Å². The summed E-state index contributed by atoms with van der Waals surface area (Å²) in [5.41, 5.74) is 3.04. The summed E-state index contributed by atoms with van der Waals surface area (Å²) in [6, 6.07) is 7.34. The van der Waals surface area contributed by atoms with E-state index in [-0.39, 0.29) is 18.3 Å². The third kappa shape index (κ3) is 3.45. The highest BCUT2D eigenvalue weighted by atomic mass is 35.5. The van der Waals surface area contributed by atoms with Crippen molar-refractivity contribution in [1.82, 2.24) is 10.3 Å². The van der Waals surface area contributed by atoms with Crippen molar-refractivity contribution >= 4 is 11.6 Å². The number of nitrogens with zero attached hydrogens (tertiary/aromatic N) is 3. The van der Waals surface area contributed by atoms with Crippen molar-refractivity contribution < 1.29 is 9.47 Å². The molecule has 26 heavy (non-hydrogen) atoms. The highest BCUT2D eigenvalue weighted by Crippen LogP contribution is 2.40. The van der Waals surface area contributed by atoms with Crippen LogP contribution in [0.5, 0.6) is 5.75 Å². The van der Waals surface area contributed by atoms with Crippen molar-refractivity contribution in [1.29, 1.82) is 0 Å². The summed E-state index contributed by atoms with van der Waals surface area (Å²) >= 11 is 6.10. The van der Waals surface area contributed by atoms with Gasteiger partial charge >= 0.3 is 0 Å². The van der Waals surface area contributed by atoms with E-state index in [1.54, 1.807) is 19.4 Å². The van der Waals surface area contributed by atoms with Crippen LogP contribution in [0.2, 0.25) is 5.02 Å². The maximum atomic E-state index is 6.10. The molecule has 2 aromatic rings. The second-order valence-corrected chi connectivity index (χ2v) is 6.91. The molecule has 1 aromatic heterocycles. The Kier molecular flexibility index (Phi) is 5.15. The van der Waals surface area contributed by atoms with E-state index in [0.717, 1.165) is 42.7 Å². The molecule has 2 aliphatic heterocycles. The van der Waals surface area contributed by atoms with Gasteiger partial charge in [-0.05, 0) is 36.6 Å². The molecule has 1 N–H and O–H groups in total. The molecule has 0 bridgehead atoms. The van der Waals surface area contributed by atoms with Crippen LogP contribution in [0.15, 0.2) is 46.9 Å². The van der Waals surface area contributed by atoms with E-state index >= 15 is 0 Å². The standard InChI is InChI=1S/C19H21ClN4O2/c1-25-17-9-12(20)4-5-15(17)18-14-6-7-21-11-16(14)19(24-23-18)22-10-13-3-2-8-26-13/h4-7,9,11,13,18-19,22H,2-3,8,10H2,1H3/t13-,18?,19?/m1/s1. The van der Waals surface area contributed by atoms with Gasteiger partial charge in [-0.15, -0.1) is 0 Å². The van der Waals surface area contributed by atoms with E-state index < -0.39 is 0 Å². The van der Waals surface area contributed by atoms with Crippen LogP contribution in [-0.2, 0) is 4.74 Å².